The maximum atomic E-state index is 12.5. The van der Waals surface area contributed by atoms with Gasteiger partial charge in [-0.05, 0) is 38.5 Å². The Morgan fingerprint density at radius 1 is 0.652 bits per heavy atom. The lowest BCUT2D eigenvalue weighted by molar-refractivity contribution is -0.161. The number of rotatable bonds is 34. The second-order valence-electron chi connectivity index (χ2n) is 12.1. The fraction of sp³-hybridized carbons (Fsp3) is 0.833. The summed E-state index contributed by atoms with van der Waals surface area (Å²) < 4.78 is 32.6. The molecule has 0 aromatic carbocycles. The summed E-state index contributed by atoms with van der Waals surface area (Å²) >= 11 is 0. The van der Waals surface area contributed by atoms with Crippen LogP contribution in [0, 0.1) is 0 Å². The lowest BCUT2D eigenvalue weighted by atomic mass is 10.0. The lowest BCUT2D eigenvalue weighted by Gasteiger charge is -2.19. The molecule has 10 heteroatoms. The van der Waals surface area contributed by atoms with Crippen molar-refractivity contribution in [1.29, 1.82) is 0 Å². The number of nitrogens with two attached hydrogens (primary N) is 1. The predicted molar refractivity (Wildman–Crippen MR) is 187 cm³/mol. The van der Waals surface area contributed by atoms with Crippen LogP contribution in [0.4, 0.5) is 0 Å². The number of phosphoric acid groups is 1. The predicted octanol–water partition coefficient (Wildman–Crippen LogP) is 9.66. The van der Waals surface area contributed by atoms with Gasteiger partial charge in [0.25, 0.3) is 0 Å². The highest BCUT2D eigenvalue weighted by Gasteiger charge is 2.25. The van der Waals surface area contributed by atoms with Crippen molar-refractivity contribution in [3.05, 3.63) is 24.3 Å². The Labute approximate surface area is 281 Å². The number of esters is 2. The minimum absolute atomic E-state index is 0.0521. The molecule has 0 radical (unpaired) electrons. The van der Waals surface area contributed by atoms with Crippen LogP contribution in [0.2, 0.25) is 0 Å². The van der Waals surface area contributed by atoms with E-state index in [9.17, 15) is 19.0 Å². The van der Waals surface area contributed by atoms with E-state index >= 15 is 0 Å². The molecule has 0 heterocycles. The summed E-state index contributed by atoms with van der Waals surface area (Å²) in [4.78, 5) is 34.6. The molecule has 0 spiro atoms. The molecule has 270 valence electrons. The van der Waals surface area contributed by atoms with Crippen LogP contribution in [0.25, 0.3) is 0 Å². The third-order valence-electron chi connectivity index (χ3n) is 7.57. The van der Waals surface area contributed by atoms with E-state index in [0.717, 1.165) is 64.2 Å². The largest absolute Gasteiger partial charge is 0.472 e. The number of phosphoric ester groups is 1. The van der Waals surface area contributed by atoms with Crippen molar-refractivity contribution < 1.29 is 37.6 Å². The Kier molecular flexibility index (Phi) is 32.3. The Morgan fingerprint density at radius 2 is 1.17 bits per heavy atom. The first-order valence-electron chi connectivity index (χ1n) is 18.3. The van der Waals surface area contributed by atoms with Gasteiger partial charge in [-0.1, -0.05) is 134 Å². The Balaban J connectivity index is 4.26. The summed E-state index contributed by atoms with van der Waals surface area (Å²) in [6, 6.07) is 0. The van der Waals surface area contributed by atoms with E-state index < -0.39 is 26.5 Å². The molecule has 0 fully saturated rings. The first kappa shape index (κ1) is 44.5. The molecule has 9 nitrogen and oxygen atoms in total. The quantitative estimate of drug-likeness (QED) is 0.0296. The van der Waals surface area contributed by atoms with E-state index in [1.807, 2.05) is 0 Å². The van der Waals surface area contributed by atoms with Crippen LogP contribution in [0.1, 0.15) is 162 Å². The molecular weight excluding hydrogens is 605 g/mol. The summed E-state index contributed by atoms with van der Waals surface area (Å²) in [5, 5.41) is 0. The second-order valence-corrected chi connectivity index (χ2v) is 13.5. The Morgan fingerprint density at radius 3 is 1.74 bits per heavy atom. The fourth-order valence-corrected chi connectivity index (χ4v) is 5.61. The summed E-state index contributed by atoms with van der Waals surface area (Å²) in [5.74, 6) is -0.845. The van der Waals surface area contributed by atoms with E-state index in [1.165, 1.54) is 64.2 Å². The SMILES string of the molecule is CCC/C=C\C/C=C\CCCCCCCC(=O)OC(COC(=O)CCCCCCCCCCCCCC)COP(=O)(O)OCCN. The zero-order valence-electron chi connectivity index (χ0n) is 29.3. The number of unbranched alkanes of at least 4 members (excludes halogenated alkanes) is 17. The van der Waals surface area contributed by atoms with Gasteiger partial charge in [-0.25, -0.2) is 4.57 Å². The lowest BCUT2D eigenvalue weighted by Crippen LogP contribution is -2.29. The highest BCUT2D eigenvalue weighted by Crippen LogP contribution is 2.43. The van der Waals surface area contributed by atoms with E-state index in [2.05, 4.69) is 38.2 Å². The number of ether oxygens (including phenoxy) is 2. The van der Waals surface area contributed by atoms with Gasteiger partial charge in [-0.3, -0.25) is 18.6 Å². The summed E-state index contributed by atoms with van der Waals surface area (Å²) in [6.07, 6.45) is 32.0. The third-order valence-corrected chi connectivity index (χ3v) is 8.56. The van der Waals surface area contributed by atoms with Gasteiger partial charge >= 0.3 is 19.8 Å². The molecule has 46 heavy (non-hydrogen) atoms. The Bertz CT molecular complexity index is 820. The molecule has 0 aromatic rings. The van der Waals surface area contributed by atoms with Gasteiger partial charge in [0.1, 0.15) is 6.61 Å². The Hall–Kier alpha value is -1.51. The molecule has 0 amide bonds. The molecular formula is C36H68NO8P. The molecule has 0 rings (SSSR count). The number of hydrogen-bond donors (Lipinski definition) is 2. The maximum Gasteiger partial charge on any atom is 0.472 e. The molecule has 0 saturated heterocycles. The van der Waals surface area contributed by atoms with Gasteiger partial charge in [0.05, 0.1) is 13.2 Å². The fourth-order valence-electron chi connectivity index (χ4n) is 4.85. The van der Waals surface area contributed by atoms with Crippen LogP contribution in [-0.4, -0.2) is 49.3 Å². The summed E-state index contributed by atoms with van der Waals surface area (Å²) in [6.45, 7) is 3.63. The van der Waals surface area contributed by atoms with Gasteiger partial charge in [0.15, 0.2) is 6.10 Å². The molecule has 0 saturated carbocycles. The molecule has 0 aliphatic carbocycles. The molecule has 2 atom stereocenters. The third kappa shape index (κ3) is 32.4. The zero-order chi connectivity index (χ0) is 34.0. The van der Waals surface area contributed by atoms with Gasteiger partial charge in [-0.15, -0.1) is 0 Å². The first-order valence-corrected chi connectivity index (χ1v) is 19.8. The number of allylic oxidation sites excluding steroid dienone is 4. The summed E-state index contributed by atoms with van der Waals surface area (Å²) in [5.41, 5.74) is 5.32. The first-order chi connectivity index (χ1) is 22.3. The topological polar surface area (TPSA) is 134 Å². The van der Waals surface area contributed by atoms with Crippen molar-refractivity contribution in [3.8, 4) is 0 Å². The van der Waals surface area contributed by atoms with Crippen molar-refractivity contribution in [2.45, 2.75) is 168 Å². The highest BCUT2D eigenvalue weighted by molar-refractivity contribution is 7.47. The van der Waals surface area contributed by atoms with E-state index in [4.69, 9.17) is 24.3 Å². The molecule has 0 aliphatic heterocycles. The average molecular weight is 674 g/mol. The average Bonchev–Trinajstić information content (AvgIpc) is 3.04. The molecule has 2 unspecified atom stereocenters. The van der Waals surface area contributed by atoms with Crippen molar-refractivity contribution in [2.24, 2.45) is 5.73 Å². The molecule has 0 aromatic heterocycles. The van der Waals surface area contributed by atoms with E-state index in [-0.39, 0.29) is 38.6 Å². The number of carbonyl (C=O) groups excluding carboxylic acids is 2. The molecule has 3 N–H and O–H groups in total. The van der Waals surface area contributed by atoms with Crippen LogP contribution >= 0.6 is 7.82 Å². The van der Waals surface area contributed by atoms with E-state index in [0.29, 0.717) is 6.42 Å². The van der Waals surface area contributed by atoms with Crippen LogP contribution in [0.3, 0.4) is 0 Å². The van der Waals surface area contributed by atoms with Crippen molar-refractivity contribution in [3.63, 3.8) is 0 Å². The highest BCUT2D eigenvalue weighted by atomic mass is 31.2. The van der Waals surface area contributed by atoms with Crippen molar-refractivity contribution in [1.82, 2.24) is 0 Å². The molecule has 0 bridgehead atoms. The normalized spacial score (nSPS) is 13.7. The van der Waals surface area contributed by atoms with Crippen molar-refractivity contribution >= 4 is 19.8 Å². The monoisotopic (exact) mass is 673 g/mol. The van der Waals surface area contributed by atoms with Crippen LogP contribution in [0.15, 0.2) is 24.3 Å². The van der Waals surface area contributed by atoms with Gasteiger partial charge in [-0.2, -0.15) is 0 Å². The van der Waals surface area contributed by atoms with Crippen LogP contribution in [0.5, 0.6) is 0 Å². The van der Waals surface area contributed by atoms with Crippen LogP contribution < -0.4 is 5.73 Å². The second kappa shape index (κ2) is 33.4. The summed E-state index contributed by atoms with van der Waals surface area (Å²) in [7, 11) is -4.37. The zero-order valence-corrected chi connectivity index (χ0v) is 30.2. The standard InChI is InChI=1S/C36H68NO8P/c1-3-5-7-9-11-13-15-17-19-21-23-25-27-29-36(39)45-34(33-44-46(40,41)43-31-30-37)32-42-35(38)28-26-24-22-20-18-16-14-12-10-8-6-4-2/h7,9,13,15,34H,3-6,8,10-12,14,16-33,37H2,1-2H3,(H,40,41)/b9-7-,15-13-. The van der Waals surface area contributed by atoms with Gasteiger partial charge in [0, 0.05) is 19.4 Å². The number of carbonyl (C=O) groups is 2. The van der Waals surface area contributed by atoms with Gasteiger partial charge < -0.3 is 20.1 Å². The molecule has 0 aliphatic rings. The minimum Gasteiger partial charge on any atom is -0.462 e. The maximum absolute atomic E-state index is 12.5. The van der Waals surface area contributed by atoms with Gasteiger partial charge in [0.2, 0.25) is 0 Å². The number of hydrogen-bond acceptors (Lipinski definition) is 8. The minimum atomic E-state index is -4.37. The van der Waals surface area contributed by atoms with Crippen molar-refractivity contribution in [2.75, 3.05) is 26.4 Å². The van der Waals surface area contributed by atoms with E-state index in [1.54, 1.807) is 0 Å². The van der Waals surface area contributed by atoms with Crippen LogP contribution in [-0.2, 0) is 32.7 Å². The smallest absolute Gasteiger partial charge is 0.462 e.